The lowest BCUT2D eigenvalue weighted by atomic mass is 9.57. The predicted molar refractivity (Wildman–Crippen MR) is 138 cm³/mol. The molecule has 0 amide bonds. The second-order valence-corrected chi connectivity index (χ2v) is 10.9. The third kappa shape index (κ3) is 5.06. The van der Waals surface area contributed by atoms with Crippen LogP contribution in [0.5, 0.6) is 0 Å². The van der Waals surface area contributed by atoms with Crippen molar-refractivity contribution in [1.82, 2.24) is 4.90 Å². The van der Waals surface area contributed by atoms with Gasteiger partial charge >= 0.3 is 5.97 Å². The fraction of sp³-hybridized carbons (Fsp3) is 0.655. The van der Waals surface area contributed by atoms with Crippen LogP contribution in [-0.2, 0) is 16.0 Å². The Bertz CT molecular complexity index is 891. The second-order valence-electron chi connectivity index (χ2n) is 10.9. The third-order valence-electron chi connectivity index (χ3n) is 8.68. The van der Waals surface area contributed by atoms with Gasteiger partial charge in [-0.15, -0.1) is 0 Å². The van der Waals surface area contributed by atoms with Crippen LogP contribution >= 0.6 is 0 Å². The number of fused-ring (bicyclic) bond motifs is 1. The summed E-state index contributed by atoms with van der Waals surface area (Å²) in [5, 5.41) is 11.8. The van der Waals surface area contributed by atoms with Crippen LogP contribution in [0.3, 0.4) is 0 Å². The lowest BCUT2D eigenvalue weighted by molar-refractivity contribution is -0.148. The predicted octanol–water partition coefficient (Wildman–Crippen LogP) is 4.50. The summed E-state index contributed by atoms with van der Waals surface area (Å²) < 4.78 is 5.51. The van der Waals surface area contributed by atoms with Gasteiger partial charge in [0.25, 0.3) is 0 Å². The number of benzene rings is 1. The molecule has 1 aliphatic heterocycles. The number of hydrogen-bond donors (Lipinski definition) is 1. The number of para-hydroxylation sites is 1. The zero-order valence-electron chi connectivity index (χ0n) is 21.7. The third-order valence-corrected chi connectivity index (χ3v) is 8.68. The summed E-state index contributed by atoms with van der Waals surface area (Å²) in [7, 11) is 0. The number of piperazine rings is 1. The zero-order chi connectivity index (χ0) is 24.5. The molecule has 2 aliphatic carbocycles. The normalized spacial score (nSPS) is 33.1. The summed E-state index contributed by atoms with van der Waals surface area (Å²) >= 11 is 0. The molecule has 5 nitrogen and oxygen atoms in total. The van der Waals surface area contributed by atoms with Gasteiger partial charge in [0.1, 0.15) is 6.10 Å². The van der Waals surface area contributed by atoms with E-state index in [1.54, 1.807) is 0 Å². The van der Waals surface area contributed by atoms with Crippen molar-refractivity contribution in [3.05, 3.63) is 47.9 Å². The highest BCUT2D eigenvalue weighted by Gasteiger charge is 2.53. The van der Waals surface area contributed by atoms with Crippen LogP contribution in [0.4, 0.5) is 5.69 Å². The molecule has 1 unspecified atom stereocenters. The highest BCUT2D eigenvalue weighted by atomic mass is 16.5. The minimum atomic E-state index is -0.917. The molecular formula is C29H43N2O3. The summed E-state index contributed by atoms with van der Waals surface area (Å²) in [5.74, 6) is 0.845. The molecule has 4 rings (SSSR count). The summed E-state index contributed by atoms with van der Waals surface area (Å²) in [6.07, 6.45) is 6.91. The van der Waals surface area contributed by atoms with Gasteiger partial charge in [-0.1, -0.05) is 45.0 Å². The van der Waals surface area contributed by atoms with Crippen molar-refractivity contribution in [1.29, 1.82) is 0 Å². The molecule has 34 heavy (non-hydrogen) atoms. The van der Waals surface area contributed by atoms with Gasteiger partial charge in [-0.3, -0.25) is 9.69 Å². The topological polar surface area (TPSA) is 53.0 Å². The Hall–Kier alpha value is -1.85. The first-order valence-electron chi connectivity index (χ1n) is 13.2. The van der Waals surface area contributed by atoms with Crippen molar-refractivity contribution in [2.24, 2.45) is 23.7 Å². The summed E-state index contributed by atoms with van der Waals surface area (Å²) in [4.78, 5) is 16.7. The molecule has 0 aromatic heterocycles. The van der Waals surface area contributed by atoms with Gasteiger partial charge < -0.3 is 14.7 Å². The maximum atomic E-state index is 11.8. The number of rotatable bonds is 6. The highest BCUT2D eigenvalue weighted by molar-refractivity contribution is 5.66. The van der Waals surface area contributed by atoms with E-state index in [0.717, 1.165) is 57.6 Å². The van der Waals surface area contributed by atoms with Crippen LogP contribution in [0, 0.1) is 30.1 Å². The van der Waals surface area contributed by atoms with Gasteiger partial charge in [0.05, 0.1) is 5.60 Å². The molecule has 5 heteroatoms. The molecule has 1 N–H and O–H groups in total. The molecule has 1 saturated carbocycles. The van der Waals surface area contributed by atoms with E-state index in [-0.39, 0.29) is 17.8 Å². The first-order valence-corrected chi connectivity index (χ1v) is 13.2. The standard InChI is InChI=1S/C29H43N2O3/c1-6-24-9-7-8-10-27(24)31-15-13-30(14-16-31)19-21(3)25-12-11-22(4)29(33)18-28(34-23(5)32)20(2)17-26(25)29/h7-10,17-18,21-22,25-26,28,33H,6,11-16,19H2,1-5H3/t21?,22-,25+,26-,28-,29-/m1/s1. The van der Waals surface area contributed by atoms with Crippen molar-refractivity contribution < 1.29 is 14.6 Å². The van der Waals surface area contributed by atoms with E-state index in [4.69, 9.17) is 4.74 Å². The fourth-order valence-electron chi connectivity index (χ4n) is 6.59. The van der Waals surface area contributed by atoms with Gasteiger partial charge in [0.2, 0.25) is 0 Å². The van der Waals surface area contributed by atoms with E-state index in [9.17, 15) is 9.90 Å². The van der Waals surface area contributed by atoms with E-state index in [1.165, 1.54) is 18.2 Å². The van der Waals surface area contributed by atoms with Crippen LogP contribution in [0.25, 0.3) is 0 Å². The molecular weight excluding hydrogens is 424 g/mol. The molecule has 2 fully saturated rings. The van der Waals surface area contributed by atoms with Crippen LogP contribution in [0.2, 0.25) is 0 Å². The van der Waals surface area contributed by atoms with Crippen molar-refractivity contribution in [3.8, 4) is 0 Å². The van der Waals surface area contributed by atoms with E-state index in [1.807, 2.05) is 13.3 Å². The van der Waals surface area contributed by atoms with Crippen LogP contribution in [0.1, 0.15) is 53.0 Å². The number of nitrogens with zero attached hydrogens (tertiary/aromatic N) is 2. The first-order chi connectivity index (χ1) is 16.2. The molecule has 0 bridgehead atoms. The minimum Gasteiger partial charge on any atom is -0.458 e. The Kier molecular flexibility index (Phi) is 7.73. The lowest BCUT2D eigenvalue weighted by Gasteiger charge is -2.53. The number of aryl methyl sites for hydroxylation is 1. The molecule has 0 spiro atoms. The van der Waals surface area contributed by atoms with E-state index in [0.29, 0.717) is 11.8 Å². The molecule has 187 valence electrons. The summed E-state index contributed by atoms with van der Waals surface area (Å²) in [6, 6.07) is 8.80. The first kappa shape index (κ1) is 25.2. The highest BCUT2D eigenvalue weighted by Crippen LogP contribution is 2.50. The Morgan fingerprint density at radius 2 is 1.91 bits per heavy atom. The minimum absolute atomic E-state index is 0.0794. The fourth-order valence-corrected chi connectivity index (χ4v) is 6.59. The zero-order valence-corrected chi connectivity index (χ0v) is 21.7. The summed E-state index contributed by atoms with van der Waals surface area (Å²) in [6.45, 7) is 15.5. The average molecular weight is 468 g/mol. The number of aliphatic hydroxyl groups is 1. The van der Waals surface area contributed by atoms with E-state index in [2.05, 4.69) is 60.9 Å². The Morgan fingerprint density at radius 1 is 1.21 bits per heavy atom. The Morgan fingerprint density at radius 3 is 2.59 bits per heavy atom. The Balaban J connectivity index is 1.41. The number of esters is 1. The van der Waals surface area contributed by atoms with Gasteiger partial charge in [-0.2, -0.15) is 0 Å². The molecule has 1 heterocycles. The van der Waals surface area contributed by atoms with Crippen LogP contribution < -0.4 is 4.90 Å². The molecule has 6 atom stereocenters. The lowest BCUT2D eigenvalue weighted by Crippen LogP contribution is -2.57. The van der Waals surface area contributed by atoms with Gasteiger partial charge in [-0.05, 0) is 61.1 Å². The molecule has 1 radical (unpaired) electrons. The largest absolute Gasteiger partial charge is 0.458 e. The Labute approximate surface area is 206 Å². The molecule has 1 aromatic rings. The quantitative estimate of drug-likeness (QED) is 0.493. The molecule has 1 saturated heterocycles. The van der Waals surface area contributed by atoms with Gasteiger partial charge in [-0.25, -0.2) is 0 Å². The number of hydrogen-bond acceptors (Lipinski definition) is 5. The van der Waals surface area contributed by atoms with Gasteiger partial charge in [0, 0.05) is 57.7 Å². The monoisotopic (exact) mass is 467 g/mol. The number of anilines is 1. The smallest absolute Gasteiger partial charge is 0.303 e. The van der Waals surface area contributed by atoms with Crippen molar-refractivity contribution in [2.45, 2.75) is 65.6 Å². The summed E-state index contributed by atoms with van der Waals surface area (Å²) in [5.41, 5.74) is 2.95. The van der Waals surface area contributed by atoms with Crippen molar-refractivity contribution in [3.63, 3.8) is 0 Å². The number of ether oxygens (including phenoxy) is 1. The number of carbonyl (C=O) groups is 1. The van der Waals surface area contributed by atoms with E-state index < -0.39 is 11.7 Å². The van der Waals surface area contributed by atoms with Crippen LogP contribution in [0.15, 0.2) is 35.9 Å². The van der Waals surface area contributed by atoms with Gasteiger partial charge in [0.15, 0.2) is 0 Å². The number of carbonyl (C=O) groups excluding carboxylic acids is 1. The van der Waals surface area contributed by atoms with E-state index >= 15 is 0 Å². The maximum absolute atomic E-state index is 11.8. The maximum Gasteiger partial charge on any atom is 0.303 e. The van der Waals surface area contributed by atoms with Crippen molar-refractivity contribution in [2.75, 3.05) is 37.6 Å². The molecule has 1 aromatic carbocycles. The van der Waals surface area contributed by atoms with Crippen LogP contribution in [-0.4, -0.2) is 60.4 Å². The van der Waals surface area contributed by atoms with Crippen molar-refractivity contribution >= 4 is 11.7 Å². The second kappa shape index (κ2) is 10.4. The average Bonchev–Trinajstić information content (AvgIpc) is 2.81. The molecule has 3 aliphatic rings. The SMILES string of the molecule is CCc1ccccc1N1CCN(CC(C)[C@@H]2CC[C@@H](C)[C@]3(O)[CH][C@@H](OC(C)=O)C(C)=C[C@H]23)CC1.